The Balaban J connectivity index is 0.866. The number of ether oxygens (including phenoxy) is 8. The second-order valence-corrected chi connectivity index (χ2v) is 18.5. The van der Waals surface area contributed by atoms with E-state index in [1.807, 2.05) is 31.2 Å². The Bertz CT molecular complexity index is 1940. The highest BCUT2D eigenvalue weighted by molar-refractivity contribution is 5.72. The summed E-state index contributed by atoms with van der Waals surface area (Å²) in [6.07, 6.45) is 4.92. The van der Waals surface area contributed by atoms with Gasteiger partial charge in [-0.3, -0.25) is 4.79 Å². The van der Waals surface area contributed by atoms with Crippen molar-refractivity contribution in [1.82, 2.24) is 5.32 Å². The number of aliphatic hydroxyl groups excluding tert-OH is 2. The molecule has 66 heavy (non-hydrogen) atoms. The average Bonchev–Trinajstić information content (AvgIpc) is 3.28. The van der Waals surface area contributed by atoms with Gasteiger partial charge in [-0.25, -0.2) is 0 Å². The van der Waals surface area contributed by atoms with Crippen molar-refractivity contribution in [2.24, 2.45) is 0 Å². The maximum absolute atomic E-state index is 11.8. The Hall–Kier alpha value is -3.87. The maximum atomic E-state index is 11.8. The molecule has 13 unspecified atom stereocenters. The molecule has 4 aliphatic rings. The fraction of sp³-hybridized carbons (Fsp3) is 0.627. The first kappa shape index (κ1) is 50.0. The molecule has 6 N–H and O–H groups in total. The van der Waals surface area contributed by atoms with E-state index in [9.17, 15) is 30.3 Å². The summed E-state index contributed by atoms with van der Waals surface area (Å²) in [7, 11) is 0. The average molecular weight is 922 g/mol. The second kappa shape index (κ2) is 24.9. The van der Waals surface area contributed by atoms with E-state index in [1.54, 1.807) is 48.5 Å². The molecular formula is C51H71NO14. The van der Waals surface area contributed by atoms with Crippen LogP contribution >= 0.6 is 0 Å². The molecule has 3 aromatic carbocycles. The number of benzene rings is 3. The van der Waals surface area contributed by atoms with E-state index in [4.69, 9.17) is 37.9 Å². The largest absolute Gasteiger partial charge is 0.507 e. The summed E-state index contributed by atoms with van der Waals surface area (Å²) in [6, 6.07) is 21.1. The predicted molar refractivity (Wildman–Crippen MR) is 242 cm³/mol. The van der Waals surface area contributed by atoms with E-state index in [-0.39, 0.29) is 72.4 Å². The number of rotatable bonds is 21. The fourth-order valence-corrected chi connectivity index (χ4v) is 9.63. The van der Waals surface area contributed by atoms with Gasteiger partial charge in [-0.2, -0.15) is 0 Å². The molecule has 7 rings (SSSR count). The minimum atomic E-state index is -0.750. The summed E-state index contributed by atoms with van der Waals surface area (Å²) >= 11 is 0. The topological polar surface area (TPSA) is 204 Å². The summed E-state index contributed by atoms with van der Waals surface area (Å²) < 4.78 is 49.6. The van der Waals surface area contributed by atoms with Crippen molar-refractivity contribution < 1.29 is 68.2 Å². The molecule has 4 fully saturated rings. The minimum absolute atomic E-state index is 0.0265. The third-order valence-electron chi connectivity index (χ3n) is 13.0. The molecule has 4 aliphatic heterocycles. The molecule has 0 radical (unpaired) electrons. The molecule has 3 aromatic rings. The van der Waals surface area contributed by atoms with Crippen LogP contribution in [0.2, 0.25) is 0 Å². The lowest BCUT2D eigenvalue weighted by atomic mass is 9.95. The number of nitrogens with one attached hydrogen (secondary N) is 1. The monoisotopic (exact) mass is 921 g/mol. The zero-order valence-corrected chi connectivity index (χ0v) is 38.4. The lowest BCUT2D eigenvalue weighted by Crippen LogP contribution is -2.45. The summed E-state index contributed by atoms with van der Waals surface area (Å²) in [6.45, 7) is 4.16. The fourth-order valence-electron chi connectivity index (χ4n) is 9.63. The number of carbonyl (C=O) groups is 1. The summed E-state index contributed by atoms with van der Waals surface area (Å²) in [4.78, 5) is 11.8. The van der Waals surface area contributed by atoms with Gasteiger partial charge in [0.2, 0.25) is 5.91 Å². The highest BCUT2D eigenvalue weighted by atomic mass is 16.7. The van der Waals surface area contributed by atoms with Gasteiger partial charge in [0.1, 0.15) is 17.2 Å². The summed E-state index contributed by atoms with van der Waals surface area (Å²) in [5.74, 6) is 0.188. The maximum Gasteiger partial charge on any atom is 0.217 e. The Morgan fingerprint density at radius 1 is 0.576 bits per heavy atom. The van der Waals surface area contributed by atoms with Crippen LogP contribution in [0, 0.1) is 0 Å². The lowest BCUT2D eigenvalue weighted by Gasteiger charge is -2.38. The quantitative estimate of drug-likeness (QED) is 0.0599. The number of aromatic hydroxyl groups is 3. The van der Waals surface area contributed by atoms with E-state index >= 15 is 0 Å². The molecule has 15 nitrogen and oxygen atoms in total. The minimum Gasteiger partial charge on any atom is -0.507 e. The molecule has 0 spiro atoms. The van der Waals surface area contributed by atoms with Crippen LogP contribution in [-0.2, 0) is 42.7 Å². The van der Waals surface area contributed by atoms with Crippen LogP contribution in [0.4, 0.5) is 0 Å². The number of phenolic OH excluding ortho intramolecular Hbond substituents is 3. The normalized spacial score (nSPS) is 30.3. The first-order valence-corrected chi connectivity index (χ1v) is 24.1. The van der Waals surface area contributed by atoms with Gasteiger partial charge in [-0.05, 0) is 109 Å². The number of phenols is 3. The van der Waals surface area contributed by atoms with Crippen LogP contribution < -0.4 is 5.32 Å². The van der Waals surface area contributed by atoms with Gasteiger partial charge in [-0.15, -0.1) is 0 Å². The Kier molecular flexibility index (Phi) is 18.9. The molecular weight excluding hydrogens is 851 g/mol. The molecule has 0 saturated carbocycles. The predicted octanol–water partition coefficient (Wildman–Crippen LogP) is 8.02. The Morgan fingerprint density at radius 3 is 1.58 bits per heavy atom. The number of carbonyl (C=O) groups excluding carboxylic acids is 1. The first-order valence-electron chi connectivity index (χ1n) is 24.1. The third-order valence-corrected chi connectivity index (χ3v) is 13.0. The van der Waals surface area contributed by atoms with Gasteiger partial charge in [0.15, 0.2) is 25.2 Å². The number of hydrogen-bond donors (Lipinski definition) is 6. The van der Waals surface area contributed by atoms with Gasteiger partial charge < -0.3 is 68.7 Å². The molecule has 0 bridgehead atoms. The van der Waals surface area contributed by atoms with Gasteiger partial charge in [0.05, 0.1) is 68.1 Å². The molecule has 1 amide bonds. The van der Waals surface area contributed by atoms with Crippen LogP contribution in [-0.4, -0.2) is 106 Å². The van der Waals surface area contributed by atoms with Crippen LogP contribution in [0.25, 0.3) is 0 Å². The molecule has 0 aromatic heterocycles. The van der Waals surface area contributed by atoms with E-state index in [0.717, 1.165) is 25.7 Å². The van der Waals surface area contributed by atoms with Crippen molar-refractivity contribution in [3.63, 3.8) is 0 Å². The second-order valence-electron chi connectivity index (χ2n) is 18.5. The van der Waals surface area contributed by atoms with Gasteiger partial charge in [-0.1, -0.05) is 54.6 Å². The first-order chi connectivity index (χ1) is 31.9. The summed E-state index contributed by atoms with van der Waals surface area (Å²) in [5, 5.41) is 56.5. The van der Waals surface area contributed by atoms with Crippen molar-refractivity contribution in [3.8, 4) is 17.2 Å². The molecule has 364 valence electrons. The van der Waals surface area contributed by atoms with Crippen molar-refractivity contribution in [2.45, 2.75) is 190 Å². The number of amides is 1. The van der Waals surface area contributed by atoms with E-state index in [0.29, 0.717) is 93.9 Å². The highest BCUT2D eigenvalue weighted by Crippen LogP contribution is 2.39. The number of para-hydroxylation sites is 3. The van der Waals surface area contributed by atoms with Gasteiger partial charge in [0, 0.05) is 36.5 Å². The van der Waals surface area contributed by atoms with Gasteiger partial charge in [0.25, 0.3) is 0 Å². The van der Waals surface area contributed by atoms with Crippen molar-refractivity contribution in [2.75, 3.05) is 13.2 Å². The standard InChI is InChI=1S/C51H71NO14/c1-32-26-36(64-50(60-32)43-19-4-7-22-46(43)57)16-11-17-37-30-41(62-48(61-37)31-52-33(2)53)28-35(55)13-10-15-39-29-38(65-51(66-39)44-20-5-8-23-47(44)58)14-9-12-34(54)27-40-24-25-59-49(63-40)42-18-3-6-21-45(42)56/h3-8,18-23,32,34-41,48-51,54-58H,9-17,24-31H2,1-2H3,(H,52,53). The van der Waals surface area contributed by atoms with Crippen LogP contribution in [0.15, 0.2) is 72.8 Å². The summed E-state index contributed by atoms with van der Waals surface area (Å²) in [5.41, 5.74) is 1.76. The zero-order chi connectivity index (χ0) is 46.4. The third kappa shape index (κ3) is 15.1. The number of hydrogen-bond acceptors (Lipinski definition) is 14. The Morgan fingerprint density at radius 2 is 1.02 bits per heavy atom. The SMILES string of the molecule is CC(=O)NCC1OC(CCCC2CC(C)OC(c3ccccc3O)O2)CC(CC(O)CCCC2CC(CCCC(O)CC3CCOC(c4ccccc4O)O3)OC(c3ccccc3O)O2)O1. The smallest absolute Gasteiger partial charge is 0.217 e. The van der Waals surface area contributed by atoms with E-state index in [1.165, 1.54) is 6.92 Å². The molecule has 0 aliphatic carbocycles. The number of aliphatic hydroxyl groups is 2. The Labute approximate surface area is 388 Å². The van der Waals surface area contributed by atoms with Gasteiger partial charge >= 0.3 is 0 Å². The van der Waals surface area contributed by atoms with E-state index < -0.39 is 37.4 Å². The molecule has 13 atom stereocenters. The van der Waals surface area contributed by atoms with E-state index in [2.05, 4.69) is 5.32 Å². The van der Waals surface area contributed by atoms with Crippen molar-refractivity contribution in [3.05, 3.63) is 89.5 Å². The highest BCUT2D eigenvalue weighted by Gasteiger charge is 2.36. The molecule has 15 heteroatoms. The van der Waals surface area contributed by atoms with Crippen molar-refractivity contribution >= 4 is 5.91 Å². The zero-order valence-electron chi connectivity index (χ0n) is 38.4. The molecule has 4 heterocycles. The van der Waals surface area contributed by atoms with Crippen LogP contribution in [0.5, 0.6) is 17.2 Å². The molecule has 4 saturated heterocycles. The van der Waals surface area contributed by atoms with Crippen LogP contribution in [0.1, 0.15) is 146 Å². The van der Waals surface area contributed by atoms with Crippen LogP contribution in [0.3, 0.4) is 0 Å². The lowest BCUT2D eigenvalue weighted by molar-refractivity contribution is -0.251. The van der Waals surface area contributed by atoms with Crippen molar-refractivity contribution in [1.29, 1.82) is 0 Å².